The second-order valence-electron chi connectivity index (χ2n) is 8.01. The van der Waals surface area contributed by atoms with Gasteiger partial charge < -0.3 is 9.47 Å². The molecular weight excluding hydrogens is 374 g/mol. The molecule has 0 saturated carbocycles. The fraction of sp³-hybridized carbons (Fsp3) is 0.292. The van der Waals surface area contributed by atoms with Gasteiger partial charge in [-0.05, 0) is 48.7 Å². The van der Waals surface area contributed by atoms with Gasteiger partial charge in [-0.2, -0.15) is 5.10 Å². The minimum Gasteiger partial charge on any atom is -0.338 e. The molecule has 1 amide bonds. The fourth-order valence-electron chi connectivity index (χ4n) is 4.42. The van der Waals surface area contributed by atoms with Crippen LogP contribution in [0.4, 0.5) is 0 Å². The third-order valence-electron chi connectivity index (χ3n) is 6.00. The lowest BCUT2D eigenvalue weighted by Gasteiger charge is -2.32. The Bertz CT molecular complexity index is 1160. The van der Waals surface area contributed by atoms with Gasteiger partial charge in [-0.3, -0.25) is 9.48 Å². The zero-order valence-electron chi connectivity index (χ0n) is 17.1. The van der Waals surface area contributed by atoms with E-state index in [0.29, 0.717) is 13.1 Å². The van der Waals surface area contributed by atoms with E-state index in [4.69, 9.17) is 4.98 Å². The molecule has 152 valence electrons. The van der Waals surface area contributed by atoms with Crippen molar-refractivity contribution in [3.05, 3.63) is 83.9 Å². The number of fused-ring (bicyclic) bond motifs is 1. The van der Waals surface area contributed by atoms with Crippen molar-refractivity contribution in [3.63, 3.8) is 0 Å². The number of piperidine rings is 1. The molecule has 30 heavy (non-hydrogen) atoms. The molecule has 2 aromatic heterocycles. The number of para-hydroxylation sites is 2. The monoisotopic (exact) mass is 399 g/mol. The van der Waals surface area contributed by atoms with E-state index in [9.17, 15) is 4.79 Å². The first-order valence-corrected chi connectivity index (χ1v) is 10.5. The van der Waals surface area contributed by atoms with Crippen molar-refractivity contribution in [2.75, 3.05) is 13.1 Å². The number of hydrogen-bond acceptors (Lipinski definition) is 3. The largest absolute Gasteiger partial charge is 0.338 e. The molecule has 0 radical (unpaired) electrons. The molecule has 1 saturated heterocycles. The van der Waals surface area contributed by atoms with Gasteiger partial charge in [-0.1, -0.05) is 24.3 Å². The summed E-state index contributed by atoms with van der Waals surface area (Å²) in [7, 11) is 2.07. The van der Waals surface area contributed by atoms with Gasteiger partial charge in [0, 0.05) is 44.0 Å². The highest BCUT2D eigenvalue weighted by atomic mass is 16.2. The quantitative estimate of drug-likeness (QED) is 0.524. The first-order valence-electron chi connectivity index (χ1n) is 10.5. The first kappa shape index (κ1) is 18.6. The Balaban J connectivity index is 1.31. The van der Waals surface area contributed by atoms with Crippen LogP contribution in [0.3, 0.4) is 0 Å². The summed E-state index contributed by atoms with van der Waals surface area (Å²) in [6, 6.07) is 18.0. The van der Waals surface area contributed by atoms with E-state index in [1.54, 1.807) is 6.20 Å². The number of amides is 1. The number of aryl methyl sites for hydroxylation is 1. The van der Waals surface area contributed by atoms with Crippen LogP contribution < -0.4 is 0 Å². The fourth-order valence-corrected chi connectivity index (χ4v) is 4.42. The minimum absolute atomic E-state index is 0.101. The van der Waals surface area contributed by atoms with E-state index in [0.717, 1.165) is 47.4 Å². The Morgan fingerprint density at radius 2 is 1.93 bits per heavy atom. The summed E-state index contributed by atoms with van der Waals surface area (Å²) in [5.41, 5.74) is 4.03. The van der Waals surface area contributed by atoms with Crippen LogP contribution in [0.5, 0.6) is 0 Å². The van der Waals surface area contributed by atoms with Crippen LogP contribution in [0.25, 0.3) is 11.0 Å². The summed E-state index contributed by atoms with van der Waals surface area (Å²) in [5.74, 6) is 1.44. The molecule has 6 heteroatoms. The SMILES string of the molecule is Cn1c(C2CCCN(C(=O)c3ccc(Cn4cccn4)cc3)C2)nc2ccccc21. The lowest BCUT2D eigenvalue weighted by Crippen LogP contribution is -2.39. The highest BCUT2D eigenvalue weighted by Gasteiger charge is 2.28. The van der Waals surface area contributed by atoms with Crippen molar-refractivity contribution in [1.29, 1.82) is 0 Å². The molecule has 4 aromatic rings. The summed E-state index contributed by atoms with van der Waals surface area (Å²) in [6.07, 6.45) is 5.77. The average Bonchev–Trinajstić information content (AvgIpc) is 3.42. The average molecular weight is 399 g/mol. The van der Waals surface area contributed by atoms with E-state index in [1.165, 1.54) is 0 Å². The Morgan fingerprint density at radius 1 is 1.10 bits per heavy atom. The normalized spacial score (nSPS) is 16.8. The molecule has 0 aliphatic carbocycles. The number of imidazole rings is 1. The molecule has 5 rings (SSSR count). The third kappa shape index (κ3) is 3.49. The first-order chi connectivity index (χ1) is 14.7. The van der Waals surface area contributed by atoms with Gasteiger partial charge in [0.15, 0.2) is 0 Å². The van der Waals surface area contributed by atoms with E-state index in [-0.39, 0.29) is 11.8 Å². The molecule has 1 atom stereocenters. The smallest absolute Gasteiger partial charge is 0.253 e. The Morgan fingerprint density at radius 3 is 2.70 bits per heavy atom. The van der Waals surface area contributed by atoms with Crippen molar-refractivity contribution in [2.24, 2.45) is 7.05 Å². The molecule has 1 unspecified atom stereocenters. The predicted molar refractivity (Wildman–Crippen MR) is 116 cm³/mol. The lowest BCUT2D eigenvalue weighted by molar-refractivity contribution is 0.0703. The molecule has 0 spiro atoms. The number of carbonyl (C=O) groups is 1. The van der Waals surface area contributed by atoms with Crippen LogP contribution in [-0.4, -0.2) is 43.2 Å². The molecule has 2 aromatic carbocycles. The zero-order valence-corrected chi connectivity index (χ0v) is 17.1. The van der Waals surface area contributed by atoms with Crippen LogP contribution >= 0.6 is 0 Å². The number of hydrogen-bond donors (Lipinski definition) is 0. The molecule has 1 aliphatic heterocycles. The highest BCUT2D eigenvalue weighted by Crippen LogP contribution is 2.29. The Kier molecular flexibility index (Phi) is 4.83. The number of benzene rings is 2. The van der Waals surface area contributed by atoms with Crippen molar-refractivity contribution < 1.29 is 4.79 Å². The van der Waals surface area contributed by atoms with Gasteiger partial charge in [0.25, 0.3) is 5.91 Å². The summed E-state index contributed by atoms with van der Waals surface area (Å²) >= 11 is 0. The number of nitrogens with zero attached hydrogens (tertiary/aromatic N) is 5. The van der Waals surface area contributed by atoms with Gasteiger partial charge in [-0.15, -0.1) is 0 Å². The summed E-state index contributed by atoms with van der Waals surface area (Å²) in [4.78, 5) is 20.0. The molecule has 1 aliphatic rings. The Hall–Kier alpha value is -3.41. The summed E-state index contributed by atoms with van der Waals surface area (Å²) < 4.78 is 4.06. The van der Waals surface area contributed by atoms with E-state index >= 15 is 0 Å². The number of rotatable bonds is 4. The minimum atomic E-state index is 0.101. The van der Waals surface area contributed by atoms with Crippen molar-refractivity contribution >= 4 is 16.9 Å². The topological polar surface area (TPSA) is 56.0 Å². The van der Waals surface area contributed by atoms with Crippen molar-refractivity contribution in [2.45, 2.75) is 25.3 Å². The molecule has 1 fully saturated rings. The van der Waals surface area contributed by atoms with Crippen LogP contribution in [0.15, 0.2) is 67.0 Å². The third-order valence-corrected chi connectivity index (χ3v) is 6.00. The molecule has 3 heterocycles. The van der Waals surface area contributed by atoms with Gasteiger partial charge in [0.05, 0.1) is 17.6 Å². The van der Waals surface area contributed by atoms with Crippen molar-refractivity contribution in [1.82, 2.24) is 24.2 Å². The van der Waals surface area contributed by atoms with Crippen LogP contribution in [0.2, 0.25) is 0 Å². The van der Waals surface area contributed by atoms with E-state index < -0.39 is 0 Å². The number of likely N-dealkylation sites (tertiary alicyclic amines) is 1. The lowest BCUT2D eigenvalue weighted by atomic mass is 9.96. The predicted octanol–water partition coefficient (Wildman–Crippen LogP) is 3.84. The maximum atomic E-state index is 13.1. The second kappa shape index (κ2) is 7.78. The van der Waals surface area contributed by atoms with Crippen LogP contribution in [0, 0.1) is 0 Å². The van der Waals surface area contributed by atoms with Crippen molar-refractivity contribution in [3.8, 4) is 0 Å². The molecular formula is C24H25N5O. The summed E-state index contributed by atoms with van der Waals surface area (Å²) in [5, 5.41) is 4.24. The molecule has 0 N–H and O–H groups in total. The number of aromatic nitrogens is 4. The zero-order chi connectivity index (χ0) is 20.5. The second-order valence-corrected chi connectivity index (χ2v) is 8.01. The molecule has 0 bridgehead atoms. The van der Waals surface area contributed by atoms with E-state index in [1.807, 2.05) is 58.2 Å². The van der Waals surface area contributed by atoms with Gasteiger partial charge >= 0.3 is 0 Å². The van der Waals surface area contributed by atoms with Crippen LogP contribution in [0.1, 0.15) is 40.5 Å². The van der Waals surface area contributed by atoms with Gasteiger partial charge in [-0.25, -0.2) is 4.98 Å². The van der Waals surface area contributed by atoms with Crippen LogP contribution in [-0.2, 0) is 13.6 Å². The molecule has 6 nitrogen and oxygen atoms in total. The summed E-state index contributed by atoms with van der Waals surface area (Å²) in [6.45, 7) is 2.22. The van der Waals surface area contributed by atoms with Gasteiger partial charge in [0.1, 0.15) is 5.82 Å². The highest BCUT2D eigenvalue weighted by molar-refractivity contribution is 5.94. The maximum Gasteiger partial charge on any atom is 0.253 e. The standard InChI is InChI=1S/C24H25N5O/c1-27-22-8-3-2-7-21(22)26-23(27)20-6-4-14-28(17-20)24(30)19-11-9-18(10-12-19)16-29-15-5-13-25-29/h2-3,5,7-13,15,20H,4,6,14,16-17H2,1H3. The Labute approximate surface area is 175 Å². The van der Waals surface area contributed by atoms with E-state index in [2.05, 4.69) is 28.8 Å². The number of carbonyl (C=O) groups excluding carboxylic acids is 1. The maximum absolute atomic E-state index is 13.1. The van der Waals surface area contributed by atoms with Gasteiger partial charge in [0.2, 0.25) is 0 Å².